The van der Waals surface area contributed by atoms with Crippen LogP contribution < -0.4 is 18.5 Å². The van der Waals surface area contributed by atoms with E-state index < -0.39 is 22.0 Å². The molecule has 0 aliphatic carbocycles. The highest BCUT2D eigenvalue weighted by Gasteiger charge is 2.26. The average Bonchev–Trinajstić information content (AvgIpc) is 3.08. The highest BCUT2D eigenvalue weighted by atomic mass is 32.2. The van der Waals surface area contributed by atoms with E-state index in [-0.39, 0.29) is 6.79 Å². The maximum atomic E-state index is 12.4. The molecule has 2 aromatic carbocycles. The van der Waals surface area contributed by atoms with Crippen molar-refractivity contribution >= 4 is 21.8 Å². The maximum Gasteiger partial charge on any atom is 0.325 e. The van der Waals surface area contributed by atoms with Crippen molar-refractivity contribution in [2.45, 2.75) is 12.8 Å². The van der Waals surface area contributed by atoms with E-state index in [1.165, 1.54) is 7.05 Å². The van der Waals surface area contributed by atoms with Gasteiger partial charge in [0.05, 0.1) is 11.6 Å². The second-order valence-electron chi connectivity index (χ2n) is 5.61. The average molecular weight is 362 g/mol. The molecule has 3 rings (SSSR count). The van der Waals surface area contributed by atoms with Crippen LogP contribution in [-0.4, -0.2) is 28.2 Å². The molecule has 0 saturated carbocycles. The fourth-order valence-electron chi connectivity index (χ4n) is 2.39. The minimum absolute atomic E-state index is 0.135. The molecule has 7 nitrogen and oxygen atoms in total. The molecule has 1 N–H and O–H groups in total. The number of amides is 1. The van der Waals surface area contributed by atoms with Gasteiger partial charge in [0, 0.05) is 7.05 Å². The first-order chi connectivity index (χ1) is 11.9. The number of rotatable bonds is 5. The third-order valence-corrected chi connectivity index (χ3v) is 5.39. The zero-order chi connectivity index (χ0) is 18.0. The summed E-state index contributed by atoms with van der Waals surface area (Å²) in [5.41, 5.74) is 1.10. The van der Waals surface area contributed by atoms with Crippen LogP contribution in [0.2, 0.25) is 0 Å². The number of para-hydroxylation sites is 1. The molecule has 1 unspecified atom stereocenters. The largest absolute Gasteiger partial charge is 0.454 e. The quantitative estimate of drug-likeness (QED) is 0.880. The summed E-state index contributed by atoms with van der Waals surface area (Å²) in [4.78, 5) is 12.4. The van der Waals surface area contributed by atoms with Gasteiger partial charge in [-0.2, -0.15) is 8.42 Å². The minimum Gasteiger partial charge on any atom is -0.454 e. The summed E-state index contributed by atoms with van der Waals surface area (Å²) in [6, 6.07) is 13.6. The highest BCUT2D eigenvalue weighted by molar-refractivity contribution is 7.91. The summed E-state index contributed by atoms with van der Waals surface area (Å²) >= 11 is 0. The molecule has 1 aliphatic rings. The maximum absolute atomic E-state index is 12.4. The number of anilines is 1. The number of carbonyl (C=O) groups excluding carboxylic acids is 1. The Morgan fingerprint density at radius 2 is 1.80 bits per heavy atom. The zero-order valence-electron chi connectivity index (χ0n) is 13.8. The Labute approximate surface area is 146 Å². The molecule has 8 heteroatoms. The summed E-state index contributed by atoms with van der Waals surface area (Å²) in [6.07, 6.45) is 0. The van der Waals surface area contributed by atoms with Gasteiger partial charge < -0.3 is 9.47 Å². The van der Waals surface area contributed by atoms with Crippen molar-refractivity contribution < 1.29 is 22.7 Å². The van der Waals surface area contributed by atoms with Crippen LogP contribution in [0.3, 0.4) is 0 Å². The van der Waals surface area contributed by atoms with Gasteiger partial charge in [0.15, 0.2) is 11.5 Å². The molecule has 2 aromatic rings. The first-order valence-corrected chi connectivity index (χ1v) is 9.07. The third-order valence-electron chi connectivity index (χ3n) is 4.00. The Balaban J connectivity index is 1.74. The zero-order valence-corrected chi connectivity index (χ0v) is 14.6. The molecule has 1 heterocycles. The fourth-order valence-corrected chi connectivity index (χ4v) is 3.36. The summed E-state index contributed by atoms with van der Waals surface area (Å²) in [6.45, 7) is 1.76. The lowest BCUT2D eigenvalue weighted by Gasteiger charge is -2.21. The number of hydrogen-bond acceptors (Lipinski definition) is 5. The monoisotopic (exact) mass is 362 g/mol. The molecule has 0 fully saturated rings. The van der Waals surface area contributed by atoms with Crippen LogP contribution in [0, 0.1) is 0 Å². The second-order valence-corrected chi connectivity index (χ2v) is 7.31. The minimum atomic E-state index is -4.00. The molecule has 1 atom stereocenters. The van der Waals surface area contributed by atoms with Gasteiger partial charge >= 0.3 is 10.2 Å². The van der Waals surface area contributed by atoms with Gasteiger partial charge in [-0.15, -0.1) is 0 Å². The van der Waals surface area contributed by atoms with Crippen LogP contribution in [0.25, 0.3) is 0 Å². The van der Waals surface area contributed by atoms with E-state index in [9.17, 15) is 13.2 Å². The molecular formula is C17H18N2O5S. The van der Waals surface area contributed by atoms with Crippen molar-refractivity contribution in [3.8, 4) is 11.5 Å². The molecule has 1 amide bonds. The van der Waals surface area contributed by atoms with Gasteiger partial charge in [-0.1, -0.05) is 24.3 Å². The lowest BCUT2D eigenvalue weighted by molar-refractivity contribution is -0.120. The molecule has 0 aromatic heterocycles. The number of nitrogens with zero attached hydrogens (tertiary/aromatic N) is 1. The van der Waals surface area contributed by atoms with Crippen LogP contribution in [0.1, 0.15) is 18.4 Å². The summed E-state index contributed by atoms with van der Waals surface area (Å²) < 4.78 is 38.5. The third kappa shape index (κ3) is 3.53. The smallest absolute Gasteiger partial charge is 0.325 e. The Kier molecular flexibility index (Phi) is 4.54. The lowest BCUT2D eigenvalue weighted by atomic mass is 10.0. The first-order valence-electron chi connectivity index (χ1n) is 7.63. The van der Waals surface area contributed by atoms with Gasteiger partial charge in [-0.3, -0.25) is 9.10 Å². The van der Waals surface area contributed by atoms with Crippen LogP contribution in [0.15, 0.2) is 48.5 Å². The van der Waals surface area contributed by atoms with Crippen LogP contribution >= 0.6 is 0 Å². The number of ether oxygens (including phenoxy) is 2. The number of benzene rings is 2. The van der Waals surface area contributed by atoms with E-state index in [4.69, 9.17) is 9.47 Å². The van der Waals surface area contributed by atoms with E-state index in [0.29, 0.717) is 22.7 Å². The molecule has 25 heavy (non-hydrogen) atoms. The highest BCUT2D eigenvalue weighted by Crippen LogP contribution is 2.34. The first kappa shape index (κ1) is 17.1. The summed E-state index contributed by atoms with van der Waals surface area (Å²) in [7, 11) is -2.61. The van der Waals surface area contributed by atoms with Crippen LogP contribution in [0.4, 0.5) is 5.69 Å². The lowest BCUT2D eigenvalue weighted by Crippen LogP contribution is -2.43. The summed E-state index contributed by atoms with van der Waals surface area (Å²) in [5, 5.41) is 0. The second kappa shape index (κ2) is 6.64. The molecule has 0 bridgehead atoms. The Morgan fingerprint density at radius 3 is 2.52 bits per heavy atom. The van der Waals surface area contributed by atoms with E-state index >= 15 is 0 Å². The normalized spacial score (nSPS) is 14.0. The van der Waals surface area contributed by atoms with Gasteiger partial charge in [0.2, 0.25) is 12.7 Å². The summed E-state index contributed by atoms with van der Waals surface area (Å²) in [5.74, 6) is -0.149. The predicted octanol–water partition coefficient (Wildman–Crippen LogP) is 2.02. The molecular weight excluding hydrogens is 344 g/mol. The topological polar surface area (TPSA) is 84.9 Å². The van der Waals surface area contributed by atoms with Crippen molar-refractivity contribution in [2.75, 3.05) is 18.1 Å². The molecule has 132 valence electrons. The Hall–Kier alpha value is -2.74. The number of carbonyl (C=O) groups is 1. The van der Waals surface area contributed by atoms with Gasteiger partial charge in [0.25, 0.3) is 0 Å². The van der Waals surface area contributed by atoms with Gasteiger partial charge in [-0.05, 0) is 36.8 Å². The van der Waals surface area contributed by atoms with Crippen molar-refractivity contribution in [1.82, 2.24) is 4.72 Å². The Bertz CT molecular complexity index is 883. The number of hydrogen-bond donors (Lipinski definition) is 1. The van der Waals surface area contributed by atoms with Crippen LogP contribution in [0.5, 0.6) is 11.5 Å². The molecule has 1 aliphatic heterocycles. The van der Waals surface area contributed by atoms with Crippen molar-refractivity contribution in [1.29, 1.82) is 0 Å². The molecule has 0 radical (unpaired) electrons. The predicted molar refractivity (Wildman–Crippen MR) is 92.9 cm³/mol. The standard InChI is InChI=1S/C17H18N2O5S/c1-12(13-8-9-15-16(10-13)24-11-23-15)17(20)18-25(21,22)19(2)14-6-4-3-5-7-14/h3-10,12H,11H2,1-2H3,(H,18,20). The van der Waals surface area contributed by atoms with Crippen molar-refractivity contribution in [3.05, 3.63) is 54.1 Å². The Morgan fingerprint density at radius 1 is 1.12 bits per heavy atom. The van der Waals surface area contributed by atoms with Crippen molar-refractivity contribution in [2.24, 2.45) is 0 Å². The van der Waals surface area contributed by atoms with E-state index in [1.54, 1.807) is 55.5 Å². The molecule has 0 spiro atoms. The van der Waals surface area contributed by atoms with E-state index in [0.717, 1.165) is 4.31 Å². The number of nitrogens with one attached hydrogen (secondary N) is 1. The van der Waals surface area contributed by atoms with Gasteiger partial charge in [-0.25, -0.2) is 4.72 Å². The van der Waals surface area contributed by atoms with Gasteiger partial charge in [0.1, 0.15) is 0 Å². The van der Waals surface area contributed by atoms with Crippen LogP contribution in [-0.2, 0) is 15.0 Å². The van der Waals surface area contributed by atoms with E-state index in [2.05, 4.69) is 4.72 Å². The number of fused-ring (bicyclic) bond motifs is 1. The SMILES string of the molecule is CC(C(=O)NS(=O)(=O)N(C)c1ccccc1)c1ccc2c(c1)OCO2. The van der Waals surface area contributed by atoms with E-state index in [1.807, 2.05) is 0 Å². The fraction of sp³-hybridized carbons (Fsp3) is 0.235. The molecule has 0 saturated heterocycles. The van der Waals surface area contributed by atoms with Crippen molar-refractivity contribution in [3.63, 3.8) is 0 Å².